The minimum Gasteiger partial charge on any atom is -0.496 e. The lowest BCUT2D eigenvalue weighted by Crippen LogP contribution is -2.13. The standard InChI is InChI=1S/C17H15Cl2NO2/c1-22-16-5-2-10(11-7-17(21)20-9-11)6-14(16)13-4-3-12(18)8-15(13)19/h2-6,8,11H,7,9H2,1H3,(H,20,21). The molecule has 0 aromatic heterocycles. The summed E-state index contributed by atoms with van der Waals surface area (Å²) in [6.07, 6.45) is 0.514. The van der Waals surface area contributed by atoms with Crippen LogP contribution in [0.15, 0.2) is 36.4 Å². The number of carbonyl (C=O) groups excluding carboxylic acids is 1. The van der Waals surface area contributed by atoms with E-state index in [0.29, 0.717) is 23.0 Å². The van der Waals surface area contributed by atoms with Crippen molar-refractivity contribution in [3.63, 3.8) is 0 Å². The van der Waals surface area contributed by atoms with Gasteiger partial charge in [0.25, 0.3) is 0 Å². The van der Waals surface area contributed by atoms with Crippen LogP contribution in [0.3, 0.4) is 0 Å². The van der Waals surface area contributed by atoms with Gasteiger partial charge in [-0.2, -0.15) is 0 Å². The molecular formula is C17H15Cl2NO2. The van der Waals surface area contributed by atoms with E-state index >= 15 is 0 Å². The first-order chi connectivity index (χ1) is 10.6. The monoisotopic (exact) mass is 335 g/mol. The highest BCUT2D eigenvalue weighted by Crippen LogP contribution is 2.38. The molecule has 114 valence electrons. The minimum absolute atomic E-state index is 0.0897. The second-order valence-corrected chi connectivity index (χ2v) is 6.13. The van der Waals surface area contributed by atoms with Crippen LogP contribution >= 0.6 is 23.2 Å². The highest BCUT2D eigenvalue weighted by atomic mass is 35.5. The number of nitrogens with one attached hydrogen (secondary N) is 1. The number of amides is 1. The molecule has 1 N–H and O–H groups in total. The van der Waals surface area contributed by atoms with Gasteiger partial charge in [-0.25, -0.2) is 0 Å². The van der Waals surface area contributed by atoms with Crippen molar-refractivity contribution in [2.75, 3.05) is 13.7 Å². The Balaban J connectivity index is 2.06. The Morgan fingerprint density at radius 3 is 2.59 bits per heavy atom. The van der Waals surface area contributed by atoms with Crippen molar-refractivity contribution in [2.24, 2.45) is 0 Å². The van der Waals surface area contributed by atoms with E-state index in [2.05, 4.69) is 5.32 Å². The van der Waals surface area contributed by atoms with E-state index in [1.54, 1.807) is 19.2 Å². The molecule has 0 bridgehead atoms. The zero-order valence-electron chi connectivity index (χ0n) is 12.0. The van der Waals surface area contributed by atoms with E-state index in [-0.39, 0.29) is 11.8 Å². The maximum Gasteiger partial charge on any atom is 0.220 e. The maximum atomic E-state index is 11.4. The van der Waals surface area contributed by atoms with Crippen molar-refractivity contribution in [1.82, 2.24) is 5.32 Å². The SMILES string of the molecule is COc1ccc(C2CNC(=O)C2)cc1-c1ccc(Cl)cc1Cl. The number of benzene rings is 2. The van der Waals surface area contributed by atoms with Crippen molar-refractivity contribution < 1.29 is 9.53 Å². The Kier molecular flexibility index (Phi) is 4.27. The second kappa shape index (κ2) is 6.19. The van der Waals surface area contributed by atoms with Crippen molar-refractivity contribution in [1.29, 1.82) is 0 Å². The Bertz CT molecular complexity index is 731. The van der Waals surface area contributed by atoms with Gasteiger partial charge in [0.2, 0.25) is 5.91 Å². The lowest BCUT2D eigenvalue weighted by atomic mass is 9.93. The van der Waals surface area contributed by atoms with Crippen LogP contribution in [0.5, 0.6) is 5.75 Å². The summed E-state index contributed by atoms with van der Waals surface area (Å²) in [6, 6.07) is 11.3. The minimum atomic E-state index is 0.0897. The molecule has 1 aliphatic heterocycles. The third-order valence-electron chi connectivity index (χ3n) is 3.89. The fraction of sp³-hybridized carbons (Fsp3) is 0.235. The lowest BCUT2D eigenvalue weighted by molar-refractivity contribution is -0.119. The van der Waals surface area contributed by atoms with Crippen LogP contribution in [0, 0.1) is 0 Å². The van der Waals surface area contributed by atoms with Crippen LogP contribution in [0.1, 0.15) is 17.9 Å². The Morgan fingerprint density at radius 2 is 1.95 bits per heavy atom. The number of methoxy groups -OCH3 is 1. The van der Waals surface area contributed by atoms with Gasteiger partial charge in [-0.15, -0.1) is 0 Å². The topological polar surface area (TPSA) is 38.3 Å². The fourth-order valence-electron chi connectivity index (χ4n) is 2.74. The number of carbonyl (C=O) groups is 1. The van der Waals surface area contributed by atoms with E-state index in [0.717, 1.165) is 22.4 Å². The largest absolute Gasteiger partial charge is 0.496 e. The Labute approximate surface area is 139 Å². The molecule has 1 atom stereocenters. The number of halogens is 2. The summed E-state index contributed by atoms with van der Waals surface area (Å²) in [5, 5.41) is 4.03. The predicted molar refractivity (Wildman–Crippen MR) is 88.8 cm³/mol. The smallest absolute Gasteiger partial charge is 0.220 e. The van der Waals surface area contributed by atoms with Crippen LogP contribution in [0.2, 0.25) is 10.0 Å². The van der Waals surface area contributed by atoms with Crippen molar-refractivity contribution >= 4 is 29.1 Å². The summed E-state index contributed by atoms with van der Waals surface area (Å²) in [5.74, 6) is 1.01. The number of rotatable bonds is 3. The Hall–Kier alpha value is -1.71. The second-order valence-electron chi connectivity index (χ2n) is 5.29. The molecule has 1 heterocycles. The average Bonchev–Trinajstić information content (AvgIpc) is 2.93. The normalized spacial score (nSPS) is 17.4. The molecule has 2 aromatic rings. The summed E-state index contributed by atoms with van der Waals surface area (Å²) >= 11 is 12.3. The first kappa shape index (κ1) is 15.2. The summed E-state index contributed by atoms with van der Waals surface area (Å²) in [6.45, 7) is 0.666. The highest BCUT2D eigenvalue weighted by Gasteiger charge is 2.24. The molecule has 5 heteroatoms. The molecule has 0 radical (unpaired) electrons. The first-order valence-corrected chi connectivity index (χ1v) is 7.74. The molecule has 1 unspecified atom stereocenters. The highest BCUT2D eigenvalue weighted by molar-refractivity contribution is 6.36. The molecule has 2 aromatic carbocycles. The molecule has 1 amide bonds. The quantitative estimate of drug-likeness (QED) is 0.909. The van der Waals surface area contributed by atoms with Crippen LogP contribution < -0.4 is 10.1 Å². The number of ether oxygens (including phenoxy) is 1. The zero-order chi connectivity index (χ0) is 15.7. The molecule has 0 aliphatic carbocycles. The van der Waals surface area contributed by atoms with Crippen molar-refractivity contribution in [3.8, 4) is 16.9 Å². The van der Waals surface area contributed by atoms with Gasteiger partial charge in [0, 0.05) is 35.0 Å². The van der Waals surface area contributed by atoms with E-state index in [4.69, 9.17) is 27.9 Å². The van der Waals surface area contributed by atoms with E-state index in [1.165, 1.54) is 0 Å². The zero-order valence-corrected chi connectivity index (χ0v) is 13.5. The number of hydrogen-bond donors (Lipinski definition) is 1. The summed E-state index contributed by atoms with van der Waals surface area (Å²) < 4.78 is 5.45. The maximum absolute atomic E-state index is 11.4. The van der Waals surface area contributed by atoms with Gasteiger partial charge in [-0.05, 0) is 29.8 Å². The summed E-state index contributed by atoms with van der Waals surface area (Å²) in [4.78, 5) is 11.4. The molecule has 1 fully saturated rings. The third kappa shape index (κ3) is 2.92. The average molecular weight is 336 g/mol. The summed E-state index contributed by atoms with van der Waals surface area (Å²) in [5.41, 5.74) is 2.86. The van der Waals surface area contributed by atoms with E-state index in [1.807, 2.05) is 24.3 Å². The van der Waals surface area contributed by atoms with Crippen LogP contribution in [0.4, 0.5) is 0 Å². The van der Waals surface area contributed by atoms with E-state index < -0.39 is 0 Å². The lowest BCUT2D eigenvalue weighted by Gasteiger charge is -2.15. The predicted octanol–water partition coefficient (Wildman–Crippen LogP) is 4.27. The molecular weight excluding hydrogens is 321 g/mol. The van der Waals surface area contributed by atoms with Gasteiger partial charge in [0.15, 0.2) is 0 Å². The van der Waals surface area contributed by atoms with Crippen molar-refractivity contribution in [2.45, 2.75) is 12.3 Å². The number of hydrogen-bond acceptors (Lipinski definition) is 2. The van der Waals surface area contributed by atoms with Gasteiger partial charge < -0.3 is 10.1 Å². The third-order valence-corrected chi connectivity index (χ3v) is 4.44. The molecule has 1 aliphatic rings. The van der Waals surface area contributed by atoms with Gasteiger partial charge in [-0.1, -0.05) is 35.3 Å². The van der Waals surface area contributed by atoms with Gasteiger partial charge in [0.1, 0.15) is 5.75 Å². The van der Waals surface area contributed by atoms with Crippen LogP contribution in [-0.2, 0) is 4.79 Å². The van der Waals surface area contributed by atoms with Gasteiger partial charge in [-0.3, -0.25) is 4.79 Å². The molecule has 22 heavy (non-hydrogen) atoms. The molecule has 3 nitrogen and oxygen atoms in total. The van der Waals surface area contributed by atoms with Crippen LogP contribution in [-0.4, -0.2) is 19.6 Å². The fourth-order valence-corrected chi connectivity index (χ4v) is 3.25. The van der Waals surface area contributed by atoms with Crippen LogP contribution in [0.25, 0.3) is 11.1 Å². The molecule has 1 saturated heterocycles. The van der Waals surface area contributed by atoms with Gasteiger partial charge in [0.05, 0.1) is 12.1 Å². The molecule has 0 spiro atoms. The Morgan fingerprint density at radius 1 is 1.14 bits per heavy atom. The molecule has 0 saturated carbocycles. The molecule has 3 rings (SSSR count). The summed E-state index contributed by atoms with van der Waals surface area (Å²) in [7, 11) is 1.63. The van der Waals surface area contributed by atoms with E-state index in [9.17, 15) is 4.79 Å². The van der Waals surface area contributed by atoms with Gasteiger partial charge >= 0.3 is 0 Å². The van der Waals surface area contributed by atoms with Crippen molar-refractivity contribution in [3.05, 3.63) is 52.0 Å². The first-order valence-electron chi connectivity index (χ1n) is 6.98.